The molecule has 3 rings (SSSR count). The molecule has 1 aromatic carbocycles. The summed E-state index contributed by atoms with van der Waals surface area (Å²) < 4.78 is 6.69. The van der Waals surface area contributed by atoms with Crippen LogP contribution in [0.25, 0.3) is 0 Å². The second-order valence-electron chi connectivity index (χ2n) is 5.99. The molecular weight excluding hydrogens is 326 g/mol. The number of fused-ring (bicyclic) bond motifs is 1. The first-order valence-corrected chi connectivity index (χ1v) is 8.51. The van der Waals surface area contributed by atoms with Crippen molar-refractivity contribution in [2.75, 3.05) is 20.1 Å². The largest absolute Gasteiger partial charge is 0.469 e. The Hall–Kier alpha value is -1.06. The van der Waals surface area contributed by atoms with E-state index in [1.165, 1.54) is 29.3 Å². The first kappa shape index (κ1) is 14.9. The van der Waals surface area contributed by atoms with E-state index in [1.807, 2.05) is 6.07 Å². The van der Waals surface area contributed by atoms with Gasteiger partial charge in [0.1, 0.15) is 5.76 Å². The monoisotopic (exact) mass is 347 g/mol. The second-order valence-corrected chi connectivity index (χ2v) is 6.84. The van der Waals surface area contributed by atoms with Crippen molar-refractivity contribution < 1.29 is 4.42 Å². The van der Waals surface area contributed by atoms with Crippen LogP contribution in [0.15, 0.2) is 45.5 Å². The van der Waals surface area contributed by atoms with Crippen LogP contribution in [0.1, 0.15) is 35.6 Å². The maximum atomic E-state index is 5.41. The summed E-state index contributed by atoms with van der Waals surface area (Å²) in [6.07, 6.45) is 6.55. The van der Waals surface area contributed by atoms with E-state index >= 15 is 0 Å². The quantitative estimate of drug-likeness (QED) is 0.783. The van der Waals surface area contributed by atoms with Crippen LogP contribution >= 0.6 is 15.9 Å². The molecule has 0 amide bonds. The number of halogens is 1. The SMILES string of the molecule is CN(CCc1ccco1)CC1CCCc2c(Br)cccc21. The Morgan fingerprint density at radius 3 is 3.00 bits per heavy atom. The number of rotatable bonds is 5. The lowest BCUT2D eigenvalue weighted by atomic mass is 9.82. The van der Waals surface area contributed by atoms with Crippen LogP contribution in [0.3, 0.4) is 0 Å². The van der Waals surface area contributed by atoms with E-state index in [2.05, 4.69) is 52.1 Å². The predicted molar refractivity (Wildman–Crippen MR) is 89.7 cm³/mol. The van der Waals surface area contributed by atoms with Gasteiger partial charge in [0.2, 0.25) is 0 Å². The molecule has 1 aromatic heterocycles. The highest BCUT2D eigenvalue weighted by molar-refractivity contribution is 9.10. The molecule has 0 bridgehead atoms. The Morgan fingerprint density at radius 1 is 1.29 bits per heavy atom. The molecule has 2 nitrogen and oxygen atoms in total. The van der Waals surface area contributed by atoms with Crippen molar-refractivity contribution in [3.63, 3.8) is 0 Å². The van der Waals surface area contributed by atoms with Gasteiger partial charge in [0.05, 0.1) is 6.26 Å². The van der Waals surface area contributed by atoms with Gasteiger partial charge >= 0.3 is 0 Å². The molecule has 1 atom stereocenters. The molecule has 0 spiro atoms. The molecule has 0 fully saturated rings. The first-order valence-electron chi connectivity index (χ1n) is 7.72. The lowest BCUT2D eigenvalue weighted by molar-refractivity contribution is 0.293. The predicted octanol–water partition coefficient (Wildman–Crippen LogP) is 4.64. The van der Waals surface area contributed by atoms with Crippen molar-refractivity contribution in [2.24, 2.45) is 0 Å². The van der Waals surface area contributed by atoms with Crippen molar-refractivity contribution >= 4 is 15.9 Å². The molecule has 0 aliphatic heterocycles. The number of benzene rings is 1. The summed E-state index contributed by atoms with van der Waals surface area (Å²) in [5.74, 6) is 1.74. The topological polar surface area (TPSA) is 16.4 Å². The van der Waals surface area contributed by atoms with Crippen molar-refractivity contribution in [3.8, 4) is 0 Å². The zero-order valence-corrected chi connectivity index (χ0v) is 14.1. The second kappa shape index (κ2) is 6.80. The molecule has 0 saturated heterocycles. The third-order valence-electron chi connectivity index (χ3n) is 4.43. The normalized spacial score (nSPS) is 18.0. The highest BCUT2D eigenvalue weighted by Crippen LogP contribution is 2.35. The number of nitrogens with zero attached hydrogens (tertiary/aromatic N) is 1. The lowest BCUT2D eigenvalue weighted by Gasteiger charge is -2.30. The Kier molecular flexibility index (Phi) is 4.81. The number of hydrogen-bond donors (Lipinski definition) is 0. The van der Waals surface area contributed by atoms with E-state index in [0.29, 0.717) is 5.92 Å². The Morgan fingerprint density at radius 2 is 2.19 bits per heavy atom. The average Bonchev–Trinajstić information content (AvgIpc) is 3.00. The molecule has 1 unspecified atom stereocenters. The van der Waals surface area contributed by atoms with Crippen LogP contribution in [-0.4, -0.2) is 25.0 Å². The maximum absolute atomic E-state index is 5.41. The van der Waals surface area contributed by atoms with Gasteiger partial charge in [-0.05, 0) is 61.6 Å². The summed E-state index contributed by atoms with van der Waals surface area (Å²) >= 11 is 3.71. The zero-order valence-electron chi connectivity index (χ0n) is 12.5. The molecule has 0 radical (unpaired) electrons. The third kappa shape index (κ3) is 3.58. The van der Waals surface area contributed by atoms with Crippen LogP contribution in [0.2, 0.25) is 0 Å². The molecule has 112 valence electrons. The van der Waals surface area contributed by atoms with Crippen molar-refractivity contribution in [3.05, 3.63) is 58.0 Å². The van der Waals surface area contributed by atoms with Gasteiger partial charge in [-0.15, -0.1) is 0 Å². The van der Waals surface area contributed by atoms with E-state index in [0.717, 1.165) is 25.3 Å². The van der Waals surface area contributed by atoms with Crippen molar-refractivity contribution in [2.45, 2.75) is 31.6 Å². The number of likely N-dealkylation sites (N-methyl/N-ethyl adjacent to an activating group) is 1. The highest BCUT2D eigenvalue weighted by Gasteiger charge is 2.22. The number of hydrogen-bond acceptors (Lipinski definition) is 2. The minimum absolute atomic E-state index is 0.660. The molecule has 1 aliphatic rings. The molecule has 0 saturated carbocycles. The van der Waals surface area contributed by atoms with E-state index in [9.17, 15) is 0 Å². The minimum atomic E-state index is 0.660. The maximum Gasteiger partial charge on any atom is 0.105 e. The summed E-state index contributed by atoms with van der Waals surface area (Å²) in [7, 11) is 2.22. The summed E-state index contributed by atoms with van der Waals surface area (Å²) in [4.78, 5) is 2.43. The fourth-order valence-corrected chi connectivity index (χ4v) is 3.90. The van der Waals surface area contributed by atoms with Gasteiger partial charge in [0.15, 0.2) is 0 Å². The highest BCUT2D eigenvalue weighted by atomic mass is 79.9. The van der Waals surface area contributed by atoms with Crippen LogP contribution in [0, 0.1) is 0 Å². The van der Waals surface area contributed by atoms with Crippen molar-refractivity contribution in [1.82, 2.24) is 4.90 Å². The summed E-state index contributed by atoms with van der Waals surface area (Å²) in [6.45, 7) is 2.18. The standard InChI is InChI=1S/C18H22BrNO/c1-20(11-10-15-6-4-12-21-15)13-14-5-2-8-17-16(14)7-3-9-18(17)19/h3-4,6-7,9,12,14H,2,5,8,10-11,13H2,1H3. The van der Waals surface area contributed by atoms with Gasteiger partial charge in [0, 0.05) is 24.0 Å². The van der Waals surface area contributed by atoms with Gasteiger partial charge in [-0.1, -0.05) is 28.1 Å². The van der Waals surface area contributed by atoms with Gasteiger partial charge < -0.3 is 9.32 Å². The Bertz CT molecular complexity index is 579. The summed E-state index contributed by atoms with van der Waals surface area (Å²) in [6, 6.07) is 10.7. The number of furan rings is 1. The van der Waals surface area contributed by atoms with Crippen LogP contribution < -0.4 is 0 Å². The van der Waals surface area contributed by atoms with Gasteiger partial charge in [-0.25, -0.2) is 0 Å². The molecule has 21 heavy (non-hydrogen) atoms. The zero-order chi connectivity index (χ0) is 14.7. The molecule has 0 N–H and O–H groups in total. The third-order valence-corrected chi connectivity index (χ3v) is 5.17. The smallest absolute Gasteiger partial charge is 0.105 e. The first-order chi connectivity index (χ1) is 10.2. The molecule has 1 heterocycles. The summed E-state index contributed by atoms with van der Waals surface area (Å²) in [5, 5.41) is 0. The minimum Gasteiger partial charge on any atom is -0.469 e. The van der Waals surface area contributed by atoms with Crippen LogP contribution in [-0.2, 0) is 12.8 Å². The Labute approximate surface area is 135 Å². The molecular formula is C18H22BrNO. The van der Waals surface area contributed by atoms with E-state index < -0.39 is 0 Å². The molecule has 2 aromatic rings. The average molecular weight is 348 g/mol. The molecule has 3 heteroatoms. The van der Waals surface area contributed by atoms with Gasteiger partial charge in [0.25, 0.3) is 0 Å². The van der Waals surface area contributed by atoms with Crippen molar-refractivity contribution in [1.29, 1.82) is 0 Å². The summed E-state index contributed by atoms with van der Waals surface area (Å²) in [5.41, 5.74) is 3.06. The fraction of sp³-hybridized carbons (Fsp3) is 0.444. The van der Waals surface area contributed by atoms with E-state index in [1.54, 1.807) is 11.8 Å². The van der Waals surface area contributed by atoms with Gasteiger partial charge in [-0.3, -0.25) is 0 Å². The van der Waals surface area contributed by atoms with Crippen LogP contribution in [0.4, 0.5) is 0 Å². The van der Waals surface area contributed by atoms with E-state index in [-0.39, 0.29) is 0 Å². The van der Waals surface area contributed by atoms with Gasteiger partial charge in [-0.2, -0.15) is 0 Å². The molecule has 1 aliphatic carbocycles. The fourth-order valence-electron chi connectivity index (χ4n) is 3.32. The Balaban J connectivity index is 1.62. The van der Waals surface area contributed by atoms with Crippen LogP contribution in [0.5, 0.6) is 0 Å². The van der Waals surface area contributed by atoms with E-state index in [4.69, 9.17) is 4.42 Å². The lowest BCUT2D eigenvalue weighted by Crippen LogP contribution is -2.28.